The monoisotopic (exact) mass is 570 g/mol. The number of aromatic amines is 1. The van der Waals surface area contributed by atoms with Gasteiger partial charge in [0.05, 0.1) is 12.1 Å². The summed E-state index contributed by atoms with van der Waals surface area (Å²) in [5.41, 5.74) is 1.92. The molecule has 9 heteroatoms. The maximum Gasteiger partial charge on any atom is 0.242 e. The van der Waals surface area contributed by atoms with Crippen molar-refractivity contribution in [1.29, 1.82) is 0 Å². The number of thioether (sulfide) groups is 1. The van der Waals surface area contributed by atoms with Crippen LogP contribution in [0.25, 0.3) is 10.9 Å². The third kappa shape index (κ3) is 7.08. The lowest BCUT2D eigenvalue weighted by atomic mass is 10.1. The van der Waals surface area contributed by atoms with Crippen molar-refractivity contribution in [3.63, 3.8) is 0 Å². The SMILES string of the molecule is C=CC(C)(CI)SC[C@H](NC)C(=O)N[C@@H](C)C(=O)N[C@H](C=O)Cc1c[nH]c2ccccc12. The number of carbonyl (C=O) groups is 3. The van der Waals surface area contributed by atoms with Gasteiger partial charge in [-0.25, -0.2) is 0 Å². The normalized spacial score (nSPS) is 15.9. The summed E-state index contributed by atoms with van der Waals surface area (Å²) in [4.78, 5) is 40.1. The van der Waals surface area contributed by atoms with Crippen LogP contribution in [0.4, 0.5) is 0 Å². The minimum absolute atomic E-state index is 0.126. The van der Waals surface area contributed by atoms with Gasteiger partial charge in [0.2, 0.25) is 11.8 Å². The molecule has 1 aromatic heterocycles. The standard InChI is InChI=1S/C23H31IN4O3S/c1-5-23(3,14-24)32-13-20(25-4)22(31)27-15(2)21(30)28-17(12-29)10-16-11-26-19-9-7-6-8-18(16)19/h5-9,11-12,15,17,20,25-26H,1,10,13-14H2,2-4H3,(H,27,31)(H,28,30)/t15-,17-,20-,23?/m0/s1. The largest absolute Gasteiger partial charge is 0.361 e. The Bertz CT molecular complexity index is 950. The van der Waals surface area contributed by atoms with Crippen molar-refractivity contribution in [2.45, 2.75) is 43.1 Å². The molecular formula is C23H31IN4O3S. The number of halogens is 1. The highest BCUT2D eigenvalue weighted by molar-refractivity contribution is 14.1. The van der Waals surface area contributed by atoms with Crippen molar-refractivity contribution >= 4 is 63.4 Å². The third-order valence-electron chi connectivity index (χ3n) is 5.30. The minimum Gasteiger partial charge on any atom is -0.361 e. The number of carbonyl (C=O) groups excluding carboxylic acids is 3. The van der Waals surface area contributed by atoms with E-state index in [2.05, 4.69) is 57.0 Å². The number of aldehydes is 1. The van der Waals surface area contributed by atoms with E-state index in [0.29, 0.717) is 12.2 Å². The van der Waals surface area contributed by atoms with Crippen molar-refractivity contribution in [3.8, 4) is 0 Å². The summed E-state index contributed by atoms with van der Waals surface area (Å²) in [6.45, 7) is 7.56. The molecule has 4 N–H and O–H groups in total. The molecule has 1 heterocycles. The highest BCUT2D eigenvalue weighted by atomic mass is 127. The van der Waals surface area contributed by atoms with Crippen molar-refractivity contribution in [2.24, 2.45) is 0 Å². The van der Waals surface area contributed by atoms with Gasteiger partial charge in [-0.2, -0.15) is 0 Å². The maximum absolute atomic E-state index is 12.7. The highest BCUT2D eigenvalue weighted by Gasteiger charge is 2.27. The van der Waals surface area contributed by atoms with Gasteiger partial charge < -0.3 is 25.7 Å². The number of amides is 2. The second-order valence-corrected chi connectivity index (χ2v) is 10.2. The molecule has 7 nitrogen and oxygen atoms in total. The van der Waals surface area contributed by atoms with Gasteiger partial charge in [0.15, 0.2) is 0 Å². The fourth-order valence-corrected chi connectivity index (χ4v) is 5.11. The lowest BCUT2D eigenvalue weighted by Gasteiger charge is -2.26. The van der Waals surface area contributed by atoms with Gasteiger partial charge in [-0.3, -0.25) is 9.59 Å². The van der Waals surface area contributed by atoms with Crippen LogP contribution >= 0.6 is 34.4 Å². The summed E-state index contributed by atoms with van der Waals surface area (Å²) in [6, 6.07) is 5.88. The van der Waals surface area contributed by atoms with Crippen molar-refractivity contribution < 1.29 is 14.4 Å². The Morgan fingerprint density at radius 2 is 2.00 bits per heavy atom. The molecule has 0 bridgehead atoms. The van der Waals surface area contributed by atoms with Gasteiger partial charge in [-0.05, 0) is 32.5 Å². The Kier molecular flexibility index (Phi) is 10.2. The van der Waals surface area contributed by atoms with Gasteiger partial charge >= 0.3 is 0 Å². The molecule has 174 valence electrons. The molecule has 4 atom stereocenters. The van der Waals surface area contributed by atoms with Crippen LogP contribution in [0.1, 0.15) is 19.4 Å². The van der Waals surface area contributed by atoms with E-state index in [-0.39, 0.29) is 10.7 Å². The van der Waals surface area contributed by atoms with Gasteiger partial charge in [0, 0.05) is 38.4 Å². The number of para-hydroxylation sites is 1. The van der Waals surface area contributed by atoms with Crippen LogP contribution in [0.2, 0.25) is 0 Å². The van der Waals surface area contributed by atoms with Crippen LogP contribution < -0.4 is 16.0 Å². The first-order chi connectivity index (χ1) is 15.3. The Labute approximate surface area is 207 Å². The molecule has 1 aromatic carbocycles. The smallest absolute Gasteiger partial charge is 0.242 e. The molecule has 0 aliphatic carbocycles. The molecule has 0 spiro atoms. The number of hydrogen-bond acceptors (Lipinski definition) is 5. The molecule has 2 aromatic rings. The number of alkyl halides is 1. The van der Waals surface area contributed by atoms with E-state index in [4.69, 9.17) is 0 Å². The van der Waals surface area contributed by atoms with E-state index in [1.807, 2.05) is 36.5 Å². The zero-order valence-corrected chi connectivity index (χ0v) is 21.6. The van der Waals surface area contributed by atoms with E-state index in [1.54, 1.807) is 25.7 Å². The fourth-order valence-electron chi connectivity index (χ4n) is 3.07. The second kappa shape index (κ2) is 12.4. The molecular weight excluding hydrogens is 539 g/mol. The molecule has 0 radical (unpaired) electrons. The Balaban J connectivity index is 1.92. The molecule has 2 amide bonds. The molecule has 0 saturated carbocycles. The van der Waals surface area contributed by atoms with Crippen molar-refractivity contribution in [3.05, 3.63) is 48.7 Å². The Morgan fingerprint density at radius 3 is 2.62 bits per heavy atom. The summed E-state index contributed by atoms with van der Waals surface area (Å²) >= 11 is 3.94. The number of aromatic nitrogens is 1. The molecule has 2 rings (SSSR count). The average molecular weight is 570 g/mol. The van der Waals surface area contributed by atoms with E-state index >= 15 is 0 Å². The first-order valence-electron chi connectivity index (χ1n) is 10.4. The van der Waals surface area contributed by atoms with Crippen LogP contribution in [0, 0.1) is 0 Å². The number of rotatable bonds is 13. The number of hydrogen-bond donors (Lipinski definition) is 4. The minimum atomic E-state index is -0.774. The van der Waals surface area contributed by atoms with Gasteiger partial charge in [-0.15, -0.1) is 18.3 Å². The first-order valence-corrected chi connectivity index (χ1v) is 12.9. The number of nitrogens with one attached hydrogen (secondary N) is 4. The highest BCUT2D eigenvalue weighted by Crippen LogP contribution is 2.29. The Hall–Kier alpha value is -1.85. The van der Waals surface area contributed by atoms with Crippen LogP contribution in [0.5, 0.6) is 0 Å². The molecule has 0 aliphatic rings. The van der Waals surface area contributed by atoms with Crippen LogP contribution in [0.15, 0.2) is 43.1 Å². The zero-order chi connectivity index (χ0) is 23.7. The molecule has 0 fully saturated rings. The lowest BCUT2D eigenvalue weighted by Crippen LogP contribution is -2.53. The van der Waals surface area contributed by atoms with Crippen LogP contribution in [-0.4, -0.2) is 63.2 Å². The average Bonchev–Trinajstić information content (AvgIpc) is 3.21. The second-order valence-electron chi connectivity index (χ2n) is 7.85. The van der Waals surface area contributed by atoms with Crippen LogP contribution in [0.3, 0.4) is 0 Å². The topological polar surface area (TPSA) is 103 Å². The number of H-pyrrole nitrogens is 1. The van der Waals surface area contributed by atoms with Gasteiger partial charge in [-0.1, -0.05) is 46.9 Å². The van der Waals surface area contributed by atoms with E-state index in [9.17, 15) is 14.4 Å². The van der Waals surface area contributed by atoms with E-state index in [0.717, 1.165) is 27.2 Å². The molecule has 1 unspecified atom stereocenters. The predicted molar refractivity (Wildman–Crippen MR) is 140 cm³/mol. The quantitative estimate of drug-likeness (QED) is 0.128. The van der Waals surface area contributed by atoms with Crippen molar-refractivity contribution in [1.82, 2.24) is 20.9 Å². The lowest BCUT2D eigenvalue weighted by molar-refractivity contribution is -0.130. The number of benzene rings is 1. The zero-order valence-electron chi connectivity index (χ0n) is 18.6. The Morgan fingerprint density at radius 1 is 1.28 bits per heavy atom. The summed E-state index contributed by atoms with van der Waals surface area (Å²) < 4.78 is 0.748. The van der Waals surface area contributed by atoms with E-state index in [1.165, 1.54) is 0 Å². The van der Waals surface area contributed by atoms with E-state index < -0.39 is 24.0 Å². The third-order valence-corrected chi connectivity index (χ3v) is 8.87. The molecule has 0 saturated heterocycles. The molecule has 0 aliphatic heterocycles. The van der Waals surface area contributed by atoms with Crippen LogP contribution in [-0.2, 0) is 20.8 Å². The van der Waals surface area contributed by atoms with Crippen molar-refractivity contribution in [2.75, 3.05) is 17.2 Å². The number of likely N-dealkylation sites (N-methyl/N-ethyl adjacent to an activating group) is 1. The maximum atomic E-state index is 12.7. The van der Waals surface area contributed by atoms with Gasteiger partial charge in [0.25, 0.3) is 0 Å². The fraction of sp³-hybridized carbons (Fsp3) is 0.435. The summed E-state index contributed by atoms with van der Waals surface area (Å²) in [7, 11) is 1.72. The predicted octanol–water partition coefficient (Wildman–Crippen LogP) is 2.60. The summed E-state index contributed by atoms with van der Waals surface area (Å²) in [5, 5.41) is 9.50. The summed E-state index contributed by atoms with van der Waals surface area (Å²) in [6.07, 6.45) is 4.83. The van der Waals surface area contributed by atoms with Gasteiger partial charge in [0.1, 0.15) is 12.3 Å². The molecule has 32 heavy (non-hydrogen) atoms. The first kappa shape index (κ1) is 26.4. The summed E-state index contributed by atoms with van der Waals surface area (Å²) in [5.74, 6) is -0.123. The number of fused-ring (bicyclic) bond motifs is 1.